The van der Waals surface area contributed by atoms with Crippen LogP contribution in [0.15, 0.2) is 29.3 Å². The van der Waals surface area contributed by atoms with Crippen LogP contribution in [-0.2, 0) is 5.41 Å². The van der Waals surface area contributed by atoms with Crippen molar-refractivity contribution in [1.82, 2.24) is 10.6 Å². The molecule has 0 unspecified atom stereocenters. The van der Waals surface area contributed by atoms with Crippen LogP contribution in [0, 0.1) is 6.92 Å². The van der Waals surface area contributed by atoms with E-state index in [1.54, 1.807) is 0 Å². The number of guanidine groups is 1. The fraction of sp³-hybridized carbons (Fsp3) is 0.500. The van der Waals surface area contributed by atoms with Crippen LogP contribution < -0.4 is 10.6 Å². The van der Waals surface area contributed by atoms with Crippen molar-refractivity contribution in [3.05, 3.63) is 35.4 Å². The van der Waals surface area contributed by atoms with E-state index in [4.69, 9.17) is 0 Å². The normalized spacial score (nSPS) is 14.5. The van der Waals surface area contributed by atoms with Gasteiger partial charge in [-0.25, -0.2) is 0 Å². The molecule has 0 aliphatic carbocycles. The molecule has 4 heteroatoms. The van der Waals surface area contributed by atoms with Gasteiger partial charge in [-0.2, -0.15) is 0 Å². The van der Waals surface area contributed by atoms with Crippen LogP contribution in [0.5, 0.6) is 0 Å². The Hall–Kier alpha value is -0.780. The smallest absolute Gasteiger partial charge is 0.191 e. The third kappa shape index (κ3) is 3.60. The first-order valence-electron chi connectivity index (χ1n) is 6.18. The highest BCUT2D eigenvalue weighted by molar-refractivity contribution is 14.0. The number of aryl methyl sites for hydroxylation is 1. The molecule has 100 valence electrons. The number of aliphatic imine (C=N–C) groups is 1. The minimum atomic E-state index is 0. The number of hydrogen-bond acceptors (Lipinski definition) is 3. The van der Waals surface area contributed by atoms with Crippen LogP contribution in [0.3, 0.4) is 0 Å². The van der Waals surface area contributed by atoms with Crippen molar-refractivity contribution in [2.45, 2.75) is 26.2 Å². The Balaban J connectivity index is 0.00000162. The lowest BCUT2D eigenvalue weighted by Crippen LogP contribution is -2.41. The number of benzene rings is 1. The standard InChI is InChI=1S/C14H21N3.HI/c1-11-6-4-5-7-12(11)14(2,3)10-17-13-15-8-9-16-13;/h4-7H,8-10H2,1-3H3,(H2,15,16,17);1H. The highest BCUT2D eigenvalue weighted by Crippen LogP contribution is 2.25. The molecule has 1 heterocycles. The van der Waals surface area contributed by atoms with Gasteiger partial charge in [-0.1, -0.05) is 38.1 Å². The Kier molecular flexibility index (Phi) is 5.44. The molecule has 3 nitrogen and oxygen atoms in total. The van der Waals surface area contributed by atoms with Gasteiger partial charge in [0.25, 0.3) is 0 Å². The molecule has 0 bridgehead atoms. The van der Waals surface area contributed by atoms with E-state index in [0.717, 1.165) is 25.6 Å². The molecule has 0 aromatic heterocycles. The Bertz CT molecular complexity index is 427. The van der Waals surface area contributed by atoms with Crippen LogP contribution >= 0.6 is 24.0 Å². The monoisotopic (exact) mass is 359 g/mol. The molecular weight excluding hydrogens is 337 g/mol. The molecule has 0 fully saturated rings. The number of nitrogens with one attached hydrogen (secondary N) is 2. The van der Waals surface area contributed by atoms with Gasteiger partial charge in [-0.3, -0.25) is 4.99 Å². The number of halogens is 1. The molecule has 1 aliphatic rings. The highest BCUT2D eigenvalue weighted by Gasteiger charge is 2.22. The molecule has 0 amide bonds. The molecule has 18 heavy (non-hydrogen) atoms. The second-order valence-electron chi connectivity index (χ2n) is 5.21. The molecule has 0 saturated heterocycles. The van der Waals surface area contributed by atoms with Crippen molar-refractivity contribution in [3.8, 4) is 0 Å². The van der Waals surface area contributed by atoms with Crippen LogP contribution in [-0.4, -0.2) is 25.6 Å². The fourth-order valence-electron chi connectivity index (χ4n) is 2.25. The van der Waals surface area contributed by atoms with E-state index in [9.17, 15) is 0 Å². The Morgan fingerprint density at radius 3 is 2.67 bits per heavy atom. The number of rotatable bonds is 3. The minimum absolute atomic E-state index is 0. The van der Waals surface area contributed by atoms with E-state index < -0.39 is 0 Å². The largest absolute Gasteiger partial charge is 0.356 e. The molecule has 0 atom stereocenters. The lowest BCUT2D eigenvalue weighted by Gasteiger charge is -2.27. The summed E-state index contributed by atoms with van der Waals surface area (Å²) in [6, 6.07) is 8.57. The Labute approximate surface area is 126 Å². The molecule has 1 aromatic carbocycles. The van der Waals surface area contributed by atoms with E-state index in [1.165, 1.54) is 11.1 Å². The quantitative estimate of drug-likeness (QED) is 0.814. The summed E-state index contributed by atoms with van der Waals surface area (Å²) in [5.74, 6) is 0.937. The molecule has 1 aromatic rings. The average Bonchev–Trinajstić information content (AvgIpc) is 2.80. The maximum atomic E-state index is 4.35. The molecule has 0 spiro atoms. The first-order valence-corrected chi connectivity index (χ1v) is 6.18. The van der Waals surface area contributed by atoms with Gasteiger partial charge < -0.3 is 10.6 Å². The topological polar surface area (TPSA) is 36.4 Å². The number of nitrogens with zero attached hydrogens (tertiary/aromatic N) is 1. The van der Waals surface area contributed by atoms with Gasteiger partial charge in [0.05, 0.1) is 6.54 Å². The minimum Gasteiger partial charge on any atom is -0.356 e. The van der Waals surface area contributed by atoms with Crippen molar-refractivity contribution in [3.63, 3.8) is 0 Å². The Morgan fingerprint density at radius 1 is 1.33 bits per heavy atom. The van der Waals surface area contributed by atoms with Gasteiger partial charge in [0.15, 0.2) is 5.96 Å². The SMILES string of the molecule is Cc1ccccc1C(C)(C)CNC1=NCCN1.I. The Morgan fingerprint density at radius 2 is 2.06 bits per heavy atom. The van der Waals surface area contributed by atoms with Crippen LogP contribution in [0.25, 0.3) is 0 Å². The molecule has 2 N–H and O–H groups in total. The fourth-order valence-corrected chi connectivity index (χ4v) is 2.25. The summed E-state index contributed by atoms with van der Waals surface area (Å²) in [6.07, 6.45) is 0. The number of hydrogen-bond donors (Lipinski definition) is 2. The van der Waals surface area contributed by atoms with Crippen molar-refractivity contribution in [2.24, 2.45) is 4.99 Å². The van der Waals surface area contributed by atoms with Gasteiger partial charge in [0.2, 0.25) is 0 Å². The summed E-state index contributed by atoms with van der Waals surface area (Å²) in [6.45, 7) is 9.42. The maximum Gasteiger partial charge on any atom is 0.191 e. The average molecular weight is 359 g/mol. The zero-order valence-electron chi connectivity index (χ0n) is 11.3. The van der Waals surface area contributed by atoms with Crippen LogP contribution in [0.1, 0.15) is 25.0 Å². The van der Waals surface area contributed by atoms with Crippen molar-refractivity contribution < 1.29 is 0 Å². The second-order valence-corrected chi connectivity index (χ2v) is 5.21. The van der Waals surface area contributed by atoms with E-state index in [1.807, 2.05) is 0 Å². The zero-order valence-corrected chi connectivity index (χ0v) is 13.6. The molecule has 2 rings (SSSR count). The lowest BCUT2D eigenvalue weighted by molar-refractivity contribution is 0.508. The van der Waals surface area contributed by atoms with E-state index in [2.05, 4.69) is 60.7 Å². The van der Waals surface area contributed by atoms with Crippen LogP contribution in [0.4, 0.5) is 0 Å². The maximum absolute atomic E-state index is 4.35. The van der Waals surface area contributed by atoms with Gasteiger partial charge in [0, 0.05) is 18.5 Å². The third-order valence-corrected chi connectivity index (χ3v) is 3.25. The van der Waals surface area contributed by atoms with Crippen molar-refractivity contribution >= 4 is 29.9 Å². The molecular formula is C14H22IN3. The first kappa shape index (κ1) is 15.3. The summed E-state index contributed by atoms with van der Waals surface area (Å²) >= 11 is 0. The van der Waals surface area contributed by atoms with Crippen LogP contribution in [0.2, 0.25) is 0 Å². The first-order chi connectivity index (χ1) is 8.09. The predicted molar refractivity (Wildman–Crippen MR) is 87.9 cm³/mol. The highest BCUT2D eigenvalue weighted by atomic mass is 127. The van der Waals surface area contributed by atoms with E-state index in [-0.39, 0.29) is 29.4 Å². The molecule has 0 saturated carbocycles. The summed E-state index contributed by atoms with van der Waals surface area (Å²) in [7, 11) is 0. The van der Waals surface area contributed by atoms with E-state index >= 15 is 0 Å². The van der Waals surface area contributed by atoms with Crippen molar-refractivity contribution in [1.29, 1.82) is 0 Å². The van der Waals surface area contributed by atoms with E-state index in [0.29, 0.717) is 0 Å². The summed E-state index contributed by atoms with van der Waals surface area (Å²) in [5.41, 5.74) is 2.85. The summed E-state index contributed by atoms with van der Waals surface area (Å²) in [4.78, 5) is 4.35. The second kappa shape index (κ2) is 6.41. The summed E-state index contributed by atoms with van der Waals surface area (Å²) < 4.78 is 0. The van der Waals surface area contributed by atoms with Crippen molar-refractivity contribution in [2.75, 3.05) is 19.6 Å². The van der Waals surface area contributed by atoms with Gasteiger partial charge in [-0.15, -0.1) is 24.0 Å². The van der Waals surface area contributed by atoms with Gasteiger partial charge in [0.1, 0.15) is 0 Å². The summed E-state index contributed by atoms with van der Waals surface area (Å²) in [5, 5.41) is 6.62. The van der Waals surface area contributed by atoms with Gasteiger partial charge >= 0.3 is 0 Å². The lowest BCUT2D eigenvalue weighted by atomic mass is 9.82. The predicted octanol–water partition coefficient (Wildman–Crippen LogP) is 2.44. The molecule has 1 aliphatic heterocycles. The third-order valence-electron chi connectivity index (χ3n) is 3.25. The molecule has 0 radical (unpaired) electrons. The zero-order chi connectivity index (χ0) is 12.3. The van der Waals surface area contributed by atoms with Gasteiger partial charge in [-0.05, 0) is 18.1 Å².